The number of furan rings is 1. The second-order valence-corrected chi connectivity index (χ2v) is 7.51. The average molecular weight is 388 g/mol. The normalized spacial score (nSPS) is 16.0. The number of thiocarbonyl (C=S) groups is 1. The van der Waals surface area contributed by atoms with E-state index in [0.717, 1.165) is 22.1 Å². The number of amides is 1. The van der Waals surface area contributed by atoms with Gasteiger partial charge in [-0.1, -0.05) is 35.6 Å². The maximum absolute atomic E-state index is 11.8. The zero-order valence-corrected chi connectivity index (χ0v) is 15.3. The SMILES string of the molecule is Cc1cc(-c2cncc3cc(C=C4SC(=S)NC4=O)oc23)cnc1Cl. The number of hydrogen-bond acceptors (Lipinski definition) is 6. The number of aryl methyl sites for hydroxylation is 1. The van der Waals surface area contributed by atoms with Crippen LogP contribution in [-0.4, -0.2) is 20.2 Å². The molecule has 1 N–H and O–H groups in total. The zero-order valence-electron chi connectivity index (χ0n) is 12.9. The summed E-state index contributed by atoms with van der Waals surface area (Å²) in [6.07, 6.45) is 6.80. The molecule has 4 heterocycles. The van der Waals surface area contributed by atoms with Crippen LogP contribution in [0.4, 0.5) is 0 Å². The van der Waals surface area contributed by atoms with Crippen LogP contribution in [0.25, 0.3) is 28.2 Å². The van der Waals surface area contributed by atoms with Crippen LogP contribution in [0.1, 0.15) is 11.3 Å². The van der Waals surface area contributed by atoms with Gasteiger partial charge < -0.3 is 9.73 Å². The highest BCUT2D eigenvalue weighted by atomic mass is 35.5. The van der Waals surface area contributed by atoms with Crippen molar-refractivity contribution in [1.82, 2.24) is 15.3 Å². The van der Waals surface area contributed by atoms with E-state index in [1.54, 1.807) is 24.7 Å². The van der Waals surface area contributed by atoms with E-state index >= 15 is 0 Å². The second kappa shape index (κ2) is 6.25. The predicted molar refractivity (Wildman–Crippen MR) is 103 cm³/mol. The average Bonchev–Trinajstić information content (AvgIpc) is 3.12. The molecule has 25 heavy (non-hydrogen) atoms. The molecule has 3 aromatic heterocycles. The van der Waals surface area contributed by atoms with Gasteiger partial charge in [-0.05, 0) is 24.6 Å². The largest absolute Gasteiger partial charge is 0.456 e. The van der Waals surface area contributed by atoms with Gasteiger partial charge in [0, 0.05) is 41.2 Å². The van der Waals surface area contributed by atoms with Crippen molar-refractivity contribution >= 4 is 62.9 Å². The maximum atomic E-state index is 11.8. The summed E-state index contributed by atoms with van der Waals surface area (Å²) in [5.74, 6) is 0.344. The van der Waals surface area contributed by atoms with E-state index in [1.165, 1.54) is 11.8 Å². The van der Waals surface area contributed by atoms with Crippen molar-refractivity contribution in [1.29, 1.82) is 0 Å². The standard InChI is InChI=1S/C17H10ClN3O2S2/c1-8-2-9(6-20-15(8)18)12-7-19-5-10-3-11(23-14(10)12)4-13-16(22)21-17(24)25-13/h2-7H,1H3,(H,21,22,24). The van der Waals surface area contributed by atoms with E-state index in [1.807, 2.05) is 19.1 Å². The highest BCUT2D eigenvalue weighted by Gasteiger charge is 2.23. The lowest BCUT2D eigenvalue weighted by molar-refractivity contribution is -0.115. The van der Waals surface area contributed by atoms with Crippen LogP contribution in [0.5, 0.6) is 0 Å². The fourth-order valence-corrected chi connectivity index (χ4v) is 3.64. The summed E-state index contributed by atoms with van der Waals surface area (Å²) in [6, 6.07) is 3.77. The molecule has 4 rings (SSSR count). The molecule has 0 atom stereocenters. The first-order chi connectivity index (χ1) is 12.0. The van der Waals surface area contributed by atoms with E-state index in [-0.39, 0.29) is 5.91 Å². The zero-order chi connectivity index (χ0) is 17.6. The van der Waals surface area contributed by atoms with Crippen molar-refractivity contribution in [2.24, 2.45) is 0 Å². The number of aromatic nitrogens is 2. The number of thioether (sulfide) groups is 1. The molecule has 8 heteroatoms. The molecule has 0 radical (unpaired) electrons. The second-order valence-electron chi connectivity index (χ2n) is 5.44. The fourth-order valence-electron chi connectivity index (χ4n) is 2.51. The third kappa shape index (κ3) is 3.06. The molecule has 0 spiro atoms. The third-order valence-electron chi connectivity index (χ3n) is 3.68. The van der Waals surface area contributed by atoms with E-state index in [9.17, 15) is 4.79 Å². The Balaban J connectivity index is 1.81. The van der Waals surface area contributed by atoms with Crippen LogP contribution >= 0.6 is 35.6 Å². The first kappa shape index (κ1) is 16.3. The van der Waals surface area contributed by atoms with Gasteiger partial charge in [0.05, 0.1) is 4.91 Å². The third-order valence-corrected chi connectivity index (χ3v) is 5.24. The Bertz CT molecular complexity index is 1070. The first-order valence-electron chi connectivity index (χ1n) is 7.26. The van der Waals surface area contributed by atoms with Crippen LogP contribution in [0.2, 0.25) is 5.15 Å². The Labute approximate surface area is 157 Å². The molecule has 124 valence electrons. The molecule has 3 aromatic rings. The van der Waals surface area contributed by atoms with Gasteiger partial charge in [-0.2, -0.15) is 0 Å². The Morgan fingerprint density at radius 1 is 1.32 bits per heavy atom. The van der Waals surface area contributed by atoms with Crippen LogP contribution in [0, 0.1) is 6.92 Å². The number of halogens is 1. The Kier molecular flexibility index (Phi) is 4.07. The lowest BCUT2D eigenvalue weighted by atomic mass is 10.1. The smallest absolute Gasteiger partial charge is 0.263 e. The molecule has 1 amide bonds. The van der Waals surface area contributed by atoms with Crippen LogP contribution in [0.3, 0.4) is 0 Å². The molecule has 0 aromatic carbocycles. The fraction of sp³-hybridized carbons (Fsp3) is 0.0588. The number of pyridine rings is 2. The van der Waals surface area contributed by atoms with Gasteiger partial charge in [0.15, 0.2) is 0 Å². The van der Waals surface area contributed by atoms with Gasteiger partial charge in [-0.15, -0.1) is 0 Å². The molecule has 0 bridgehead atoms. The number of rotatable bonds is 2. The summed E-state index contributed by atoms with van der Waals surface area (Å²) in [4.78, 5) is 20.8. The Morgan fingerprint density at radius 3 is 2.88 bits per heavy atom. The summed E-state index contributed by atoms with van der Waals surface area (Å²) in [6.45, 7) is 1.89. The van der Waals surface area contributed by atoms with Gasteiger partial charge in [0.1, 0.15) is 20.8 Å². The monoisotopic (exact) mass is 387 g/mol. The van der Waals surface area contributed by atoms with E-state index in [4.69, 9.17) is 28.2 Å². The summed E-state index contributed by atoms with van der Waals surface area (Å²) in [5, 5.41) is 3.88. The van der Waals surface area contributed by atoms with Crippen molar-refractivity contribution in [2.75, 3.05) is 0 Å². The number of carbonyl (C=O) groups is 1. The van der Waals surface area contributed by atoms with E-state index in [0.29, 0.717) is 25.7 Å². The molecule has 1 aliphatic heterocycles. The summed E-state index contributed by atoms with van der Waals surface area (Å²) in [7, 11) is 0. The maximum Gasteiger partial charge on any atom is 0.263 e. The molecular formula is C17H10ClN3O2S2. The molecule has 1 aliphatic rings. The van der Waals surface area contributed by atoms with E-state index < -0.39 is 0 Å². The summed E-state index contributed by atoms with van der Waals surface area (Å²) >= 11 is 12.2. The molecule has 5 nitrogen and oxygen atoms in total. The van der Waals surface area contributed by atoms with Gasteiger partial charge >= 0.3 is 0 Å². The first-order valence-corrected chi connectivity index (χ1v) is 8.86. The number of fused-ring (bicyclic) bond motifs is 1. The highest BCUT2D eigenvalue weighted by molar-refractivity contribution is 8.26. The van der Waals surface area contributed by atoms with Crippen molar-refractivity contribution in [2.45, 2.75) is 6.92 Å². The van der Waals surface area contributed by atoms with Crippen LogP contribution in [-0.2, 0) is 4.79 Å². The highest BCUT2D eigenvalue weighted by Crippen LogP contribution is 2.33. The van der Waals surface area contributed by atoms with Crippen molar-refractivity contribution in [3.05, 3.63) is 52.1 Å². The summed E-state index contributed by atoms with van der Waals surface area (Å²) in [5.41, 5.74) is 3.23. The van der Waals surface area contributed by atoms with Crippen molar-refractivity contribution in [3.63, 3.8) is 0 Å². The molecule has 0 saturated carbocycles. The van der Waals surface area contributed by atoms with E-state index in [2.05, 4.69) is 15.3 Å². The molecule has 0 unspecified atom stereocenters. The van der Waals surface area contributed by atoms with Crippen LogP contribution < -0.4 is 5.32 Å². The van der Waals surface area contributed by atoms with Gasteiger partial charge in [0.2, 0.25) is 0 Å². The molecule has 1 fully saturated rings. The lowest BCUT2D eigenvalue weighted by Crippen LogP contribution is -2.17. The predicted octanol–water partition coefficient (Wildman–Crippen LogP) is 4.34. The van der Waals surface area contributed by atoms with Gasteiger partial charge in [0.25, 0.3) is 5.91 Å². The summed E-state index contributed by atoms with van der Waals surface area (Å²) < 4.78 is 6.40. The van der Waals surface area contributed by atoms with Crippen molar-refractivity contribution in [3.8, 4) is 11.1 Å². The minimum absolute atomic E-state index is 0.216. The number of nitrogens with one attached hydrogen (secondary N) is 1. The number of hydrogen-bond donors (Lipinski definition) is 1. The number of nitrogens with zero attached hydrogens (tertiary/aromatic N) is 2. The lowest BCUT2D eigenvalue weighted by Gasteiger charge is -2.04. The number of carbonyl (C=O) groups excluding carboxylic acids is 1. The molecule has 1 saturated heterocycles. The molecule has 0 aliphatic carbocycles. The van der Waals surface area contributed by atoms with Crippen LogP contribution in [0.15, 0.2) is 40.0 Å². The van der Waals surface area contributed by atoms with Crippen molar-refractivity contribution < 1.29 is 9.21 Å². The van der Waals surface area contributed by atoms with Gasteiger partial charge in [-0.25, -0.2) is 4.98 Å². The topological polar surface area (TPSA) is 68.0 Å². The molecular weight excluding hydrogens is 378 g/mol. The Morgan fingerprint density at radius 2 is 2.16 bits per heavy atom. The minimum atomic E-state index is -0.216. The minimum Gasteiger partial charge on any atom is -0.456 e. The quantitative estimate of drug-likeness (QED) is 0.401. The Hall–Kier alpha value is -2.22. The van der Waals surface area contributed by atoms with Gasteiger partial charge in [-0.3, -0.25) is 9.78 Å².